The molecule has 1 saturated heterocycles. The number of rotatable bonds is 5. The van der Waals surface area contributed by atoms with Crippen LogP contribution in [0.2, 0.25) is 0 Å². The van der Waals surface area contributed by atoms with Crippen LogP contribution in [0.5, 0.6) is 0 Å². The van der Waals surface area contributed by atoms with Gasteiger partial charge in [-0.25, -0.2) is 19.9 Å². The Kier molecular flexibility index (Phi) is 5.25. The zero-order chi connectivity index (χ0) is 21.2. The number of aryl methyl sites for hydroxylation is 1. The van der Waals surface area contributed by atoms with Crippen LogP contribution >= 0.6 is 11.3 Å². The second-order valence-electron chi connectivity index (χ2n) is 7.71. The van der Waals surface area contributed by atoms with Crippen molar-refractivity contribution in [3.05, 3.63) is 60.7 Å². The Balaban J connectivity index is 1.26. The molecule has 0 bridgehead atoms. The maximum Gasteiger partial charge on any atom is 0.185 e. The zero-order valence-corrected chi connectivity index (χ0v) is 18.1. The third kappa shape index (κ3) is 4.36. The second kappa shape index (κ2) is 8.35. The molecule has 8 nitrogen and oxygen atoms in total. The van der Waals surface area contributed by atoms with E-state index in [0.29, 0.717) is 11.7 Å². The van der Waals surface area contributed by atoms with E-state index in [4.69, 9.17) is 4.98 Å². The van der Waals surface area contributed by atoms with Gasteiger partial charge in [-0.1, -0.05) is 24.0 Å². The van der Waals surface area contributed by atoms with E-state index in [9.17, 15) is 0 Å². The van der Waals surface area contributed by atoms with Crippen molar-refractivity contribution in [1.29, 1.82) is 0 Å². The minimum absolute atomic E-state index is 0.432. The van der Waals surface area contributed by atoms with Crippen LogP contribution < -0.4 is 21.1 Å². The van der Waals surface area contributed by atoms with Gasteiger partial charge >= 0.3 is 0 Å². The lowest BCUT2D eigenvalue weighted by atomic mass is 9.96. The fraction of sp³-hybridized carbons (Fsp3) is 0.273. The van der Waals surface area contributed by atoms with E-state index in [1.54, 1.807) is 17.5 Å². The van der Waals surface area contributed by atoms with Crippen LogP contribution in [0, 0.1) is 12.8 Å². The molecule has 0 atom stereocenters. The van der Waals surface area contributed by atoms with Crippen LogP contribution in [0.25, 0.3) is 10.6 Å². The van der Waals surface area contributed by atoms with Crippen LogP contribution in [0.4, 0.5) is 16.8 Å². The zero-order valence-electron chi connectivity index (χ0n) is 17.3. The van der Waals surface area contributed by atoms with Gasteiger partial charge in [0, 0.05) is 31.4 Å². The van der Waals surface area contributed by atoms with Crippen molar-refractivity contribution in [2.24, 2.45) is 10.9 Å². The molecule has 1 fully saturated rings. The van der Waals surface area contributed by atoms with E-state index in [1.165, 1.54) is 0 Å². The largest absolute Gasteiger partial charge is 0.348 e. The summed E-state index contributed by atoms with van der Waals surface area (Å²) >= 11 is 1.68. The van der Waals surface area contributed by atoms with Gasteiger partial charge in [0.2, 0.25) is 0 Å². The Morgan fingerprint density at radius 3 is 2.77 bits per heavy atom. The van der Waals surface area contributed by atoms with E-state index in [2.05, 4.69) is 42.6 Å². The molecule has 31 heavy (non-hydrogen) atoms. The average Bonchev–Trinajstić information content (AvgIpc) is 3.44. The first kappa shape index (κ1) is 19.5. The summed E-state index contributed by atoms with van der Waals surface area (Å²) in [5.41, 5.74) is 8.16. The van der Waals surface area contributed by atoms with Crippen molar-refractivity contribution in [2.45, 2.75) is 19.8 Å². The van der Waals surface area contributed by atoms with E-state index < -0.39 is 0 Å². The first-order valence-electron chi connectivity index (χ1n) is 10.3. The molecule has 2 aliphatic rings. The Hall–Kier alpha value is -3.46. The number of thiazole rings is 1. The van der Waals surface area contributed by atoms with Crippen LogP contribution in [0.1, 0.15) is 18.4 Å². The number of pyridine rings is 2. The number of hydrogen-bond donors (Lipinski definition) is 3. The van der Waals surface area contributed by atoms with Crippen molar-refractivity contribution in [2.75, 3.05) is 23.3 Å². The lowest BCUT2D eigenvalue weighted by molar-refractivity contribution is 0.492. The summed E-state index contributed by atoms with van der Waals surface area (Å²) < 4.78 is 0. The van der Waals surface area contributed by atoms with Gasteiger partial charge in [0.25, 0.3) is 0 Å². The van der Waals surface area contributed by atoms with Gasteiger partial charge in [-0.05, 0) is 49.6 Å². The summed E-state index contributed by atoms with van der Waals surface area (Å²) in [5, 5.41) is 4.32. The second-order valence-corrected chi connectivity index (χ2v) is 8.72. The van der Waals surface area contributed by atoms with Crippen LogP contribution in [-0.4, -0.2) is 33.9 Å². The number of piperidine rings is 1. The summed E-state index contributed by atoms with van der Waals surface area (Å²) in [4.78, 5) is 21.6. The van der Waals surface area contributed by atoms with Crippen molar-refractivity contribution in [3.8, 4) is 10.6 Å². The van der Waals surface area contributed by atoms with Crippen molar-refractivity contribution in [1.82, 2.24) is 25.8 Å². The normalized spacial score (nSPS) is 16.6. The van der Waals surface area contributed by atoms with E-state index >= 15 is 0 Å². The molecule has 0 spiro atoms. The van der Waals surface area contributed by atoms with Gasteiger partial charge < -0.3 is 10.2 Å². The van der Waals surface area contributed by atoms with Crippen molar-refractivity contribution >= 4 is 33.9 Å². The first-order valence-corrected chi connectivity index (χ1v) is 11.1. The molecule has 0 amide bonds. The first-order chi connectivity index (χ1) is 15.1. The minimum atomic E-state index is 0.432. The van der Waals surface area contributed by atoms with Crippen LogP contribution in [0.3, 0.4) is 0 Å². The maximum atomic E-state index is 4.76. The van der Waals surface area contributed by atoms with Gasteiger partial charge in [0.1, 0.15) is 23.3 Å². The maximum absolute atomic E-state index is 4.76. The van der Waals surface area contributed by atoms with Gasteiger partial charge in [-0.2, -0.15) is 0 Å². The highest BCUT2D eigenvalue weighted by Gasteiger charge is 2.27. The van der Waals surface area contributed by atoms with E-state index in [0.717, 1.165) is 64.7 Å². The minimum Gasteiger partial charge on any atom is -0.348 e. The fourth-order valence-electron chi connectivity index (χ4n) is 3.78. The highest BCUT2D eigenvalue weighted by Crippen LogP contribution is 2.33. The summed E-state index contributed by atoms with van der Waals surface area (Å²) in [6, 6.07) is 9.94. The Labute approximate surface area is 185 Å². The Morgan fingerprint density at radius 2 is 2.00 bits per heavy atom. The lowest BCUT2D eigenvalue weighted by Gasteiger charge is -2.31. The monoisotopic (exact) mass is 432 g/mol. The van der Waals surface area contributed by atoms with Gasteiger partial charge in [-0.3, -0.25) is 10.9 Å². The number of nitrogens with one attached hydrogen (secondary N) is 3. The molecule has 0 unspecified atom stereocenters. The van der Waals surface area contributed by atoms with Crippen LogP contribution in [-0.2, 0) is 0 Å². The predicted molar refractivity (Wildman–Crippen MR) is 125 cm³/mol. The number of hydrogen-bond acceptors (Lipinski definition) is 9. The number of nitrogens with zero attached hydrogens (tertiary/aromatic N) is 5. The number of anilines is 3. The molecule has 9 heteroatoms. The average molecular weight is 433 g/mol. The molecule has 0 aliphatic carbocycles. The summed E-state index contributed by atoms with van der Waals surface area (Å²) in [6.45, 7) is 7.79. The predicted octanol–water partition coefficient (Wildman–Crippen LogP) is 3.85. The molecule has 0 aromatic carbocycles. The van der Waals surface area contributed by atoms with Crippen molar-refractivity contribution in [3.63, 3.8) is 0 Å². The smallest absolute Gasteiger partial charge is 0.185 e. The third-order valence-electron chi connectivity index (χ3n) is 5.41. The van der Waals surface area contributed by atoms with E-state index in [1.807, 2.05) is 43.5 Å². The van der Waals surface area contributed by atoms with E-state index in [-0.39, 0.29) is 0 Å². The quantitative estimate of drug-likeness (QED) is 0.564. The Bertz CT molecular complexity index is 1130. The molecule has 0 saturated carbocycles. The molecule has 158 valence electrons. The number of hydrazine groups is 1. The molecule has 3 N–H and O–H groups in total. The van der Waals surface area contributed by atoms with Crippen LogP contribution in [0.15, 0.2) is 60.1 Å². The molecular formula is C22H24N8S. The molecule has 0 radical (unpaired) electrons. The summed E-state index contributed by atoms with van der Waals surface area (Å²) in [7, 11) is 0. The standard InChI is InChI=1S/C22H24N8S/c1-14-6-9-23-20(12-14)27-19-5-3-4-17(26-19)18-13-24-22(31-18)30-10-7-16(8-11-30)21-25-15(2)28-29-21/h3-6,9,12-13,16,28H,2,7-8,10-11H2,1H3,(H,25,29)(H,23,26,27). The van der Waals surface area contributed by atoms with Gasteiger partial charge in [0.05, 0.1) is 10.6 Å². The highest BCUT2D eigenvalue weighted by molar-refractivity contribution is 7.18. The molecule has 3 aromatic rings. The molecule has 5 heterocycles. The SMILES string of the molecule is C=C1N=C(C2CCN(c3ncc(-c4cccc(Nc5cc(C)ccn5)n4)s3)CC2)NN1. The summed E-state index contributed by atoms with van der Waals surface area (Å²) in [6.07, 6.45) is 5.79. The number of aliphatic imine (C=N–C) groups is 1. The van der Waals surface area contributed by atoms with Crippen molar-refractivity contribution < 1.29 is 0 Å². The van der Waals surface area contributed by atoms with Gasteiger partial charge in [-0.15, -0.1) is 0 Å². The Morgan fingerprint density at radius 1 is 1.13 bits per heavy atom. The topological polar surface area (TPSA) is 90.4 Å². The van der Waals surface area contributed by atoms with Gasteiger partial charge in [0.15, 0.2) is 5.13 Å². The summed E-state index contributed by atoms with van der Waals surface area (Å²) in [5.74, 6) is 3.68. The fourth-order valence-corrected chi connectivity index (χ4v) is 4.72. The molecule has 3 aromatic heterocycles. The highest BCUT2D eigenvalue weighted by atomic mass is 32.1. The molecular weight excluding hydrogens is 408 g/mol. The number of amidine groups is 1. The number of aromatic nitrogens is 3. The lowest BCUT2D eigenvalue weighted by Crippen LogP contribution is -2.41. The molecule has 5 rings (SSSR count). The third-order valence-corrected chi connectivity index (χ3v) is 6.49. The molecule has 2 aliphatic heterocycles.